The molecule has 4 heteroatoms. The Kier molecular flexibility index (Phi) is 3.85. The van der Waals surface area contributed by atoms with Crippen LogP contribution in [-0.4, -0.2) is 5.91 Å². The molecule has 0 saturated heterocycles. The third kappa shape index (κ3) is 2.81. The summed E-state index contributed by atoms with van der Waals surface area (Å²) in [5, 5.41) is 3.59. The van der Waals surface area contributed by atoms with Crippen molar-refractivity contribution in [2.75, 3.05) is 5.32 Å². The van der Waals surface area contributed by atoms with Gasteiger partial charge in [-0.2, -0.15) is 0 Å². The lowest BCUT2D eigenvalue weighted by atomic mass is 10.1. The summed E-state index contributed by atoms with van der Waals surface area (Å²) < 4.78 is 0. The average molecular weight is 261 g/mol. The Morgan fingerprint density at radius 1 is 1.06 bits per heavy atom. The third-order valence-electron chi connectivity index (χ3n) is 2.59. The maximum Gasteiger partial charge on any atom is 0.244 e. The SMILES string of the molecule is NC(=O)C(Nc1ccccc1)c1ccccc1Cl. The van der Waals surface area contributed by atoms with Crippen molar-refractivity contribution in [3.05, 3.63) is 65.2 Å². The molecular weight excluding hydrogens is 248 g/mol. The fourth-order valence-electron chi connectivity index (χ4n) is 1.71. The van der Waals surface area contributed by atoms with Crippen molar-refractivity contribution in [1.29, 1.82) is 0 Å². The lowest BCUT2D eigenvalue weighted by Gasteiger charge is -2.18. The van der Waals surface area contributed by atoms with Gasteiger partial charge in [-0.05, 0) is 18.2 Å². The molecule has 0 radical (unpaired) electrons. The Balaban J connectivity index is 2.30. The van der Waals surface area contributed by atoms with Gasteiger partial charge in [0.15, 0.2) is 0 Å². The van der Waals surface area contributed by atoms with Gasteiger partial charge in [0.25, 0.3) is 0 Å². The number of hydrogen-bond donors (Lipinski definition) is 2. The standard InChI is InChI=1S/C14H13ClN2O/c15-12-9-5-4-8-11(12)13(14(16)18)17-10-6-2-1-3-7-10/h1-9,13,17H,(H2,16,18). The van der Waals surface area contributed by atoms with Gasteiger partial charge in [0.05, 0.1) is 0 Å². The first-order valence-electron chi connectivity index (χ1n) is 5.54. The van der Waals surface area contributed by atoms with Crippen molar-refractivity contribution in [2.24, 2.45) is 5.73 Å². The Bertz CT molecular complexity index is 543. The van der Waals surface area contributed by atoms with Crippen molar-refractivity contribution in [2.45, 2.75) is 6.04 Å². The van der Waals surface area contributed by atoms with Gasteiger partial charge in [-0.25, -0.2) is 0 Å². The second-order valence-corrected chi connectivity index (χ2v) is 4.27. The van der Waals surface area contributed by atoms with E-state index in [1.165, 1.54) is 0 Å². The van der Waals surface area contributed by atoms with Crippen LogP contribution in [0.1, 0.15) is 11.6 Å². The molecule has 0 aliphatic carbocycles. The second-order valence-electron chi connectivity index (χ2n) is 3.87. The number of para-hydroxylation sites is 1. The first-order chi connectivity index (χ1) is 8.68. The summed E-state index contributed by atoms with van der Waals surface area (Å²) >= 11 is 6.08. The predicted octanol–water partition coefficient (Wildman–Crippen LogP) is 2.98. The molecule has 3 nitrogen and oxygen atoms in total. The van der Waals surface area contributed by atoms with Crippen LogP contribution in [-0.2, 0) is 4.79 Å². The number of amides is 1. The van der Waals surface area contributed by atoms with E-state index in [9.17, 15) is 4.79 Å². The Labute approximate surface area is 111 Å². The summed E-state index contributed by atoms with van der Waals surface area (Å²) in [5.74, 6) is -0.466. The number of nitrogens with two attached hydrogens (primary N) is 1. The molecule has 0 heterocycles. The Hall–Kier alpha value is -2.00. The molecule has 1 atom stereocenters. The summed E-state index contributed by atoms with van der Waals surface area (Å²) in [6.45, 7) is 0. The summed E-state index contributed by atoms with van der Waals surface area (Å²) in [6.07, 6.45) is 0. The van der Waals surface area contributed by atoms with E-state index in [2.05, 4.69) is 5.32 Å². The highest BCUT2D eigenvalue weighted by atomic mass is 35.5. The summed E-state index contributed by atoms with van der Waals surface area (Å²) in [4.78, 5) is 11.6. The third-order valence-corrected chi connectivity index (χ3v) is 2.93. The van der Waals surface area contributed by atoms with Crippen LogP contribution in [0.4, 0.5) is 5.69 Å². The summed E-state index contributed by atoms with van der Waals surface area (Å²) in [7, 11) is 0. The molecule has 0 aliphatic rings. The number of rotatable bonds is 4. The number of benzene rings is 2. The molecule has 2 rings (SSSR count). The summed E-state index contributed by atoms with van der Waals surface area (Å²) in [6, 6.07) is 15.9. The van der Waals surface area contributed by atoms with Gasteiger partial charge in [-0.3, -0.25) is 4.79 Å². The number of nitrogens with one attached hydrogen (secondary N) is 1. The highest BCUT2D eigenvalue weighted by Crippen LogP contribution is 2.25. The molecule has 3 N–H and O–H groups in total. The van der Waals surface area contributed by atoms with Crippen LogP contribution in [0.2, 0.25) is 5.02 Å². The van der Waals surface area contributed by atoms with Crippen LogP contribution in [0.3, 0.4) is 0 Å². The second kappa shape index (κ2) is 5.56. The Morgan fingerprint density at radius 2 is 1.67 bits per heavy atom. The fourth-order valence-corrected chi connectivity index (χ4v) is 1.96. The molecule has 1 amide bonds. The molecule has 0 spiro atoms. The number of carbonyl (C=O) groups excluding carboxylic acids is 1. The number of primary amides is 1. The topological polar surface area (TPSA) is 55.1 Å². The van der Waals surface area contributed by atoms with Gasteiger partial charge in [-0.15, -0.1) is 0 Å². The molecule has 0 fully saturated rings. The van der Waals surface area contributed by atoms with Crippen LogP contribution in [0.5, 0.6) is 0 Å². The van der Waals surface area contributed by atoms with E-state index in [-0.39, 0.29) is 0 Å². The number of hydrogen-bond acceptors (Lipinski definition) is 2. The molecular formula is C14H13ClN2O. The minimum Gasteiger partial charge on any atom is -0.370 e. The molecule has 0 aromatic heterocycles. The van der Waals surface area contributed by atoms with E-state index in [1.807, 2.05) is 42.5 Å². The van der Waals surface area contributed by atoms with E-state index >= 15 is 0 Å². The van der Waals surface area contributed by atoms with Gasteiger partial charge < -0.3 is 11.1 Å². The predicted molar refractivity (Wildman–Crippen MR) is 73.5 cm³/mol. The van der Waals surface area contributed by atoms with E-state index in [1.54, 1.807) is 12.1 Å². The lowest BCUT2D eigenvalue weighted by Crippen LogP contribution is -2.27. The van der Waals surface area contributed by atoms with Crippen LogP contribution < -0.4 is 11.1 Å². The largest absolute Gasteiger partial charge is 0.370 e. The van der Waals surface area contributed by atoms with Gasteiger partial charge in [-0.1, -0.05) is 48.0 Å². The van der Waals surface area contributed by atoms with Crippen molar-refractivity contribution in [3.63, 3.8) is 0 Å². The molecule has 0 bridgehead atoms. The van der Waals surface area contributed by atoms with Crippen LogP contribution >= 0.6 is 11.6 Å². The van der Waals surface area contributed by atoms with E-state index < -0.39 is 11.9 Å². The van der Waals surface area contributed by atoms with Crippen LogP contribution in [0.15, 0.2) is 54.6 Å². The van der Waals surface area contributed by atoms with E-state index in [0.717, 1.165) is 5.69 Å². The molecule has 18 heavy (non-hydrogen) atoms. The zero-order chi connectivity index (χ0) is 13.0. The molecule has 0 saturated carbocycles. The smallest absolute Gasteiger partial charge is 0.244 e. The number of halogens is 1. The minimum absolute atomic E-state index is 0.466. The monoisotopic (exact) mass is 260 g/mol. The Morgan fingerprint density at radius 3 is 2.28 bits per heavy atom. The number of anilines is 1. The van der Waals surface area contributed by atoms with E-state index in [4.69, 9.17) is 17.3 Å². The van der Waals surface area contributed by atoms with Crippen LogP contribution in [0, 0.1) is 0 Å². The van der Waals surface area contributed by atoms with Gasteiger partial charge >= 0.3 is 0 Å². The lowest BCUT2D eigenvalue weighted by molar-refractivity contribution is -0.118. The van der Waals surface area contributed by atoms with Gasteiger partial charge in [0.1, 0.15) is 6.04 Å². The first kappa shape index (κ1) is 12.5. The van der Waals surface area contributed by atoms with Crippen molar-refractivity contribution in [1.82, 2.24) is 0 Å². The first-order valence-corrected chi connectivity index (χ1v) is 5.91. The zero-order valence-electron chi connectivity index (χ0n) is 9.64. The minimum atomic E-state index is -0.638. The van der Waals surface area contributed by atoms with Crippen molar-refractivity contribution >= 4 is 23.2 Å². The number of carbonyl (C=O) groups is 1. The average Bonchev–Trinajstić information content (AvgIpc) is 2.38. The van der Waals surface area contributed by atoms with Crippen LogP contribution in [0.25, 0.3) is 0 Å². The molecule has 2 aromatic carbocycles. The molecule has 92 valence electrons. The van der Waals surface area contributed by atoms with E-state index in [0.29, 0.717) is 10.6 Å². The zero-order valence-corrected chi connectivity index (χ0v) is 10.4. The highest BCUT2D eigenvalue weighted by Gasteiger charge is 2.19. The maximum atomic E-state index is 11.6. The normalized spacial score (nSPS) is 11.8. The van der Waals surface area contributed by atoms with Crippen molar-refractivity contribution in [3.8, 4) is 0 Å². The van der Waals surface area contributed by atoms with Crippen molar-refractivity contribution < 1.29 is 4.79 Å². The maximum absolute atomic E-state index is 11.6. The summed E-state index contributed by atoms with van der Waals surface area (Å²) in [5.41, 5.74) is 6.92. The fraction of sp³-hybridized carbons (Fsp3) is 0.0714. The molecule has 0 aliphatic heterocycles. The molecule has 2 aromatic rings. The highest BCUT2D eigenvalue weighted by molar-refractivity contribution is 6.31. The molecule has 1 unspecified atom stereocenters. The van der Waals surface area contributed by atoms with Gasteiger partial charge in [0, 0.05) is 16.3 Å². The van der Waals surface area contributed by atoms with Gasteiger partial charge in [0.2, 0.25) is 5.91 Å². The quantitative estimate of drug-likeness (QED) is 0.888.